The van der Waals surface area contributed by atoms with E-state index in [-0.39, 0.29) is 12.2 Å². The number of Topliss-reactive ketones (excluding diaryl/α,β-unsaturated/α-hetero) is 1. The Labute approximate surface area is 138 Å². The van der Waals surface area contributed by atoms with Crippen molar-refractivity contribution in [2.45, 2.75) is 109 Å². The fourth-order valence-corrected chi connectivity index (χ4v) is 2.76. The van der Waals surface area contributed by atoms with E-state index >= 15 is 0 Å². The van der Waals surface area contributed by atoms with Gasteiger partial charge in [-0.25, -0.2) is 0 Å². The van der Waals surface area contributed by atoms with E-state index in [2.05, 4.69) is 13.5 Å². The van der Waals surface area contributed by atoms with Gasteiger partial charge in [0.1, 0.15) is 5.78 Å². The Bertz CT molecular complexity index is 260. The van der Waals surface area contributed by atoms with Crippen LogP contribution in [0.5, 0.6) is 0 Å². The molecule has 0 saturated carbocycles. The van der Waals surface area contributed by atoms with Gasteiger partial charge in [-0.15, -0.1) is 6.58 Å². The quantitative estimate of drug-likeness (QED) is 0.265. The van der Waals surface area contributed by atoms with Gasteiger partial charge >= 0.3 is 0 Å². The second-order valence-electron chi connectivity index (χ2n) is 6.54. The standard InChI is InChI=1S/C20H38O2/c1-3-5-6-7-8-9-10-11-12-13-14-15-16-17-20(22)18-19(21)4-2/h4,19,21H,2-3,5-18H2,1H3/t19-/m0/s1. The van der Waals surface area contributed by atoms with E-state index in [1.807, 2.05) is 0 Å². The molecule has 0 aromatic heterocycles. The summed E-state index contributed by atoms with van der Waals surface area (Å²) in [5.41, 5.74) is 0. The Morgan fingerprint density at radius 3 is 1.68 bits per heavy atom. The average molecular weight is 311 g/mol. The lowest BCUT2D eigenvalue weighted by Gasteiger charge is -2.05. The predicted molar refractivity (Wildman–Crippen MR) is 96.1 cm³/mol. The smallest absolute Gasteiger partial charge is 0.135 e. The first kappa shape index (κ1) is 21.4. The van der Waals surface area contributed by atoms with Gasteiger partial charge in [0.2, 0.25) is 0 Å². The molecule has 22 heavy (non-hydrogen) atoms. The fourth-order valence-electron chi connectivity index (χ4n) is 2.76. The molecule has 0 bridgehead atoms. The molecule has 130 valence electrons. The van der Waals surface area contributed by atoms with E-state index in [9.17, 15) is 9.90 Å². The maximum atomic E-state index is 11.5. The minimum absolute atomic E-state index is 0.162. The summed E-state index contributed by atoms with van der Waals surface area (Å²) >= 11 is 0. The molecular weight excluding hydrogens is 272 g/mol. The third-order valence-electron chi connectivity index (χ3n) is 4.27. The highest BCUT2D eigenvalue weighted by atomic mass is 16.3. The molecule has 0 spiro atoms. The van der Waals surface area contributed by atoms with E-state index in [0.717, 1.165) is 12.8 Å². The summed E-state index contributed by atoms with van der Waals surface area (Å²) in [5.74, 6) is 0.162. The summed E-state index contributed by atoms with van der Waals surface area (Å²) in [4.78, 5) is 11.5. The highest BCUT2D eigenvalue weighted by Crippen LogP contribution is 2.13. The Balaban J connectivity index is 3.14. The Hall–Kier alpha value is -0.630. The molecule has 0 radical (unpaired) electrons. The summed E-state index contributed by atoms with van der Waals surface area (Å²) in [6, 6.07) is 0. The van der Waals surface area contributed by atoms with Gasteiger partial charge in [-0.05, 0) is 6.42 Å². The van der Waals surface area contributed by atoms with Crippen LogP contribution in [0.3, 0.4) is 0 Å². The van der Waals surface area contributed by atoms with Gasteiger partial charge in [0, 0.05) is 12.8 Å². The van der Waals surface area contributed by atoms with Crippen LogP contribution in [0.2, 0.25) is 0 Å². The highest BCUT2D eigenvalue weighted by molar-refractivity contribution is 5.79. The highest BCUT2D eigenvalue weighted by Gasteiger charge is 2.06. The summed E-state index contributed by atoms with van der Waals surface area (Å²) in [5, 5.41) is 9.29. The number of aliphatic hydroxyl groups excluding tert-OH is 1. The van der Waals surface area contributed by atoms with Crippen molar-refractivity contribution in [2.24, 2.45) is 0 Å². The number of ketones is 1. The lowest BCUT2D eigenvalue weighted by molar-refractivity contribution is -0.120. The molecule has 0 aliphatic heterocycles. The number of carbonyl (C=O) groups is 1. The SMILES string of the molecule is C=C[C@H](O)CC(=O)CCCCCCCCCCCCCCC. The largest absolute Gasteiger partial charge is 0.389 e. The number of hydrogen-bond acceptors (Lipinski definition) is 2. The third-order valence-corrected chi connectivity index (χ3v) is 4.27. The second-order valence-corrected chi connectivity index (χ2v) is 6.54. The molecular formula is C20H38O2. The lowest BCUT2D eigenvalue weighted by Crippen LogP contribution is -2.10. The number of hydrogen-bond donors (Lipinski definition) is 1. The van der Waals surface area contributed by atoms with Crippen molar-refractivity contribution in [3.8, 4) is 0 Å². The van der Waals surface area contributed by atoms with Gasteiger partial charge in [-0.2, -0.15) is 0 Å². The Morgan fingerprint density at radius 2 is 1.27 bits per heavy atom. The van der Waals surface area contributed by atoms with Crippen LogP contribution in [-0.2, 0) is 4.79 Å². The molecule has 2 nitrogen and oxygen atoms in total. The summed E-state index contributed by atoms with van der Waals surface area (Å²) in [6.07, 6.45) is 18.8. The molecule has 1 N–H and O–H groups in total. The minimum atomic E-state index is -0.658. The molecule has 0 aromatic carbocycles. The van der Waals surface area contributed by atoms with Crippen molar-refractivity contribution in [3.63, 3.8) is 0 Å². The predicted octanol–water partition coefficient (Wildman–Crippen LogP) is 5.97. The molecule has 0 heterocycles. The first-order valence-electron chi connectivity index (χ1n) is 9.53. The average Bonchev–Trinajstić information content (AvgIpc) is 2.51. The molecule has 0 aromatic rings. The van der Waals surface area contributed by atoms with E-state index in [0.29, 0.717) is 6.42 Å². The van der Waals surface area contributed by atoms with Crippen LogP contribution in [0.4, 0.5) is 0 Å². The Morgan fingerprint density at radius 1 is 0.864 bits per heavy atom. The zero-order valence-electron chi connectivity index (χ0n) is 14.8. The molecule has 0 amide bonds. The van der Waals surface area contributed by atoms with Crippen LogP contribution < -0.4 is 0 Å². The van der Waals surface area contributed by atoms with Crippen LogP contribution in [0.15, 0.2) is 12.7 Å². The molecule has 1 atom stereocenters. The van der Waals surface area contributed by atoms with Crippen molar-refractivity contribution in [3.05, 3.63) is 12.7 Å². The normalized spacial score (nSPS) is 12.3. The number of aliphatic hydroxyl groups is 1. The summed E-state index contributed by atoms with van der Waals surface area (Å²) in [6.45, 7) is 5.75. The van der Waals surface area contributed by atoms with Crippen molar-refractivity contribution in [2.75, 3.05) is 0 Å². The summed E-state index contributed by atoms with van der Waals surface area (Å²) < 4.78 is 0. The molecule has 2 heteroatoms. The lowest BCUT2D eigenvalue weighted by atomic mass is 10.0. The number of rotatable bonds is 17. The molecule has 0 rings (SSSR count). The van der Waals surface area contributed by atoms with E-state index in [1.165, 1.54) is 76.7 Å². The topological polar surface area (TPSA) is 37.3 Å². The number of carbonyl (C=O) groups excluding carboxylic acids is 1. The van der Waals surface area contributed by atoms with Crippen molar-refractivity contribution < 1.29 is 9.90 Å². The third kappa shape index (κ3) is 15.8. The Kier molecular flexibility index (Phi) is 16.3. The van der Waals surface area contributed by atoms with Crippen molar-refractivity contribution >= 4 is 5.78 Å². The van der Waals surface area contributed by atoms with Gasteiger partial charge in [-0.3, -0.25) is 4.79 Å². The van der Waals surface area contributed by atoms with Crippen LogP contribution in [0, 0.1) is 0 Å². The van der Waals surface area contributed by atoms with Gasteiger partial charge < -0.3 is 5.11 Å². The zero-order chi connectivity index (χ0) is 16.5. The maximum absolute atomic E-state index is 11.5. The van der Waals surface area contributed by atoms with Crippen molar-refractivity contribution in [1.82, 2.24) is 0 Å². The first-order chi connectivity index (χ1) is 10.7. The van der Waals surface area contributed by atoms with E-state index in [1.54, 1.807) is 0 Å². The van der Waals surface area contributed by atoms with E-state index < -0.39 is 6.10 Å². The maximum Gasteiger partial charge on any atom is 0.135 e. The molecule has 0 fully saturated rings. The van der Waals surface area contributed by atoms with E-state index in [4.69, 9.17) is 0 Å². The molecule has 0 aliphatic rings. The first-order valence-corrected chi connectivity index (χ1v) is 9.53. The molecule has 0 aliphatic carbocycles. The summed E-state index contributed by atoms with van der Waals surface area (Å²) in [7, 11) is 0. The van der Waals surface area contributed by atoms with Crippen molar-refractivity contribution in [1.29, 1.82) is 0 Å². The van der Waals surface area contributed by atoms with Crippen LogP contribution in [-0.4, -0.2) is 17.0 Å². The van der Waals surface area contributed by atoms with Crippen LogP contribution in [0.1, 0.15) is 103 Å². The monoisotopic (exact) mass is 310 g/mol. The van der Waals surface area contributed by atoms with Gasteiger partial charge in [0.25, 0.3) is 0 Å². The second kappa shape index (κ2) is 16.7. The molecule has 0 saturated heterocycles. The van der Waals surface area contributed by atoms with Crippen LogP contribution >= 0.6 is 0 Å². The van der Waals surface area contributed by atoms with Gasteiger partial charge in [0.15, 0.2) is 0 Å². The number of unbranched alkanes of at least 4 members (excludes halogenated alkanes) is 12. The minimum Gasteiger partial charge on any atom is -0.389 e. The van der Waals surface area contributed by atoms with Crippen LogP contribution in [0.25, 0.3) is 0 Å². The zero-order valence-corrected chi connectivity index (χ0v) is 14.8. The fraction of sp³-hybridized carbons (Fsp3) is 0.850. The van der Waals surface area contributed by atoms with Gasteiger partial charge in [0.05, 0.1) is 6.10 Å². The molecule has 0 unspecified atom stereocenters. The van der Waals surface area contributed by atoms with Gasteiger partial charge in [-0.1, -0.05) is 90.0 Å².